The second-order valence-electron chi connectivity index (χ2n) is 3.85. The molecule has 1 aromatic carbocycles. The smallest absolute Gasteiger partial charge is 0.367 e. The molecule has 2 aromatic rings. The molecular formula is C13H13NO2S. The molecule has 0 aliphatic carbocycles. The molecule has 2 rings (SSSR count). The van der Waals surface area contributed by atoms with Gasteiger partial charge in [0.15, 0.2) is 0 Å². The molecule has 0 N–H and O–H groups in total. The Morgan fingerprint density at radius 2 is 2.12 bits per heavy atom. The average Bonchev–Trinajstić information content (AvgIpc) is 2.80. The molecule has 0 amide bonds. The fourth-order valence-electron chi connectivity index (χ4n) is 1.59. The van der Waals surface area contributed by atoms with Crippen molar-refractivity contribution in [2.75, 3.05) is 7.11 Å². The number of methoxy groups -OCH3 is 1. The topological polar surface area (TPSA) is 39.2 Å². The van der Waals surface area contributed by atoms with E-state index in [2.05, 4.69) is 27.9 Å². The molecule has 0 unspecified atom stereocenters. The predicted octanol–water partition coefficient (Wildman–Crippen LogP) is 3.21. The SMILES string of the molecule is COC(=O)c1nc(-c2cc(C)ccc2C)cs1. The van der Waals surface area contributed by atoms with Gasteiger partial charge in [-0.3, -0.25) is 0 Å². The van der Waals surface area contributed by atoms with E-state index in [1.165, 1.54) is 24.0 Å². The third kappa shape index (κ3) is 2.36. The van der Waals surface area contributed by atoms with Crippen molar-refractivity contribution < 1.29 is 9.53 Å². The summed E-state index contributed by atoms with van der Waals surface area (Å²) in [5.41, 5.74) is 4.23. The molecule has 0 radical (unpaired) electrons. The van der Waals surface area contributed by atoms with Crippen molar-refractivity contribution in [2.24, 2.45) is 0 Å². The number of hydrogen-bond donors (Lipinski definition) is 0. The van der Waals surface area contributed by atoms with Crippen molar-refractivity contribution in [2.45, 2.75) is 13.8 Å². The number of carbonyl (C=O) groups excluding carboxylic acids is 1. The minimum atomic E-state index is -0.383. The third-order valence-corrected chi connectivity index (χ3v) is 3.36. The summed E-state index contributed by atoms with van der Waals surface area (Å²) in [7, 11) is 1.36. The summed E-state index contributed by atoms with van der Waals surface area (Å²) in [6.07, 6.45) is 0. The molecular weight excluding hydrogens is 234 g/mol. The summed E-state index contributed by atoms with van der Waals surface area (Å²) >= 11 is 1.31. The summed E-state index contributed by atoms with van der Waals surface area (Å²) in [6, 6.07) is 6.19. The van der Waals surface area contributed by atoms with E-state index in [9.17, 15) is 4.79 Å². The van der Waals surface area contributed by atoms with Crippen molar-refractivity contribution in [1.82, 2.24) is 4.98 Å². The Morgan fingerprint density at radius 1 is 1.35 bits per heavy atom. The molecule has 0 aliphatic rings. The van der Waals surface area contributed by atoms with Gasteiger partial charge in [-0.15, -0.1) is 11.3 Å². The van der Waals surface area contributed by atoms with Crippen LogP contribution in [0.2, 0.25) is 0 Å². The van der Waals surface area contributed by atoms with Crippen molar-refractivity contribution in [3.05, 3.63) is 39.7 Å². The van der Waals surface area contributed by atoms with E-state index in [0.717, 1.165) is 16.8 Å². The molecule has 0 aliphatic heterocycles. The van der Waals surface area contributed by atoms with Crippen molar-refractivity contribution in [3.8, 4) is 11.3 Å². The Hall–Kier alpha value is -1.68. The Balaban J connectivity index is 2.43. The zero-order valence-corrected chi connectivity index (χ0v) is 10.8. The van der Waals surface area contributed by atoms with Gasteiger partial charge in [-0.05, 0) is 25.5 Å². The molecule has 17 heavy (non-hydrogen) atoms. The van der Waals surface area contributed by atoms with Crippen LogP contribution in [-0.4, -0.2) is 18.1 Å². The number of esters is 1. The van der Waals surface area contributed by atoms with Gasteiger partial charge in [0.1, 0.15) is 0 Å². The molecule has 0 spiro atoms. The Morgan fingerprint density at radius 3 is 2.82 bits per heavy atom. The Kier molecular flexibility index (Phi) is 3.24. The summed E-state index contributed by atoms with van der Waals surface area (Å²) in [5, 5.41) is 2.28. The van der Waals surface area contributed by atoms with E-state index in [1.807, 2.05) is 19.2 Å². The monoisotopic (exact) mass is 247 g/mol. The quantitative estimate of drug-likeness (QED) is 0.765. The van der Waals surface area contributed by atoms with Crippen LogP contribution >= 0.6 is 11.3 Å². The lowest BCUT2D eigenvalue weighted by Crippen LogP contribution is -2.00. The number of nitrogens with zero attached hydrogens (tertiary/aromatic N) is 1. The van der Waals surface area contributed by atoms with Crippen LogP contribution in [-0.2, 0) is 4.74 Å². The van der Waals surface area contributed by atoms with Crippen molar-refractivity contribution in [1.29, 1.82) is 0 Å². The van der Waals surface area contributed by atoms with Crippen LogP contribution in [0.1, 0.15) is 20.9 Å². The molecule has 0 atom stereocenters. The molecule has 4 heteroatoms. The van der Waals surface area contributed by atoms with E-state index in [-0.39, 0.29) is 5.97 Å². The number of carbonyl (C=O) groups is 1. The molecule has 1 heterocycles. The number of thiazole rings is 1. The second kappa shape index (κ2) is 4.67. The first kappa shape index (κ1) is 11.8. The zero-order chi connectivity index (χ0) is 12.4. The molecule has 0 fully saturated rings. The highest BCUT2D eigenvalue weighted by Gasteiger charge is 2.13. The number of rotatable bonds is 2. The van der Waals surface area contributed by atoms with E-state index < -0.39 is 0 Å². The molecule has 88 valence electrons. The number of aryl methyl sites for hydroxylation is 2. The maximum Gasteiger partial charge on any atom is 0.367 e. The minimum Gasteiger partial charge on any atom is -0.464 e. The first-order valence-corrected chi connectivity index (χ1v) is 6.11. The lowest BCUT2D eigenvalue weighted by atomic mass is 10.0. The summed E-state index contributed by atoms with van der Waals surface area (Å²) < 4.78 is 4.65. The molecule has 3 nitrogen and oxygen atoms in total. The lowest BCUT2D eigenvalue weighted by molar-refractivity contribution is 0.0600. The highest BCUT2D eigenvalue weighted by molar-refractivity contribution is 7.11. The highest BCUT2D eigenvalue weighted by Crippen LogP contribution is 2.26. The Labute approximate surface area is 104 Å². The lowest BCUT2D eigenvalue weighted by Gasteiger charge is -2.03. The van der Waals surface area contributed by atoms with Crippen LogP contribution in [0.25, 0.3) is 11.3 Å². The summed E-state index contributed by atoms with van der Waals surface area (Å²) in [5.74, 6) is -0.383. The number of ether oxygens (including phenoxy) is 1. The number of aromatic nitrogens is 1. The van der Waals surface area contributed by atoms with Gasteiger partial charge in [-0.2, -0.15) is 0 Å². The largest absolute Gasteiger partial charge is 0.464 e. The molecule has 0 saturated carbocycles. The maximum absolute atomic E-state index is 11.3. The van der Waals surface area contributed by atoms with E-state index in [4.69, 9.17) is 0 Å². The van der Waals surface area contributed by atoms with Crippen LogP contribution in [0, 0.1) is 13.8 Å². The van der Waals surface area contributed by atoms with Crippen molar-refractivity contribution in [3.63, 3.8) is 0 Å². The fourth-order valence-corrected chi connectivity index (χ4v) is 2.32. The van der Waals surface area contributed by atoms with Crippen LogP contribution in [0.5, 0.6) is 0 Å². The fraction of sp³-hybridized carbons (Fsp3) is 0.231. The van der Waals surface area contributed by atoms with Gasteiger partial charge in [0, 0.05) is 10.9 Å². The van der Waals surface area contributed by atoms with Gasteiger partial charge in [0.05, 0.1) is 12.8 Å². The summed E-state index contributed by atoms with van der Waals surface area (Å²) in [4.78, 5) is 15.6. The van der Waals surface area contributed by atoms with Crippen LogP contribution in [0.15, 0.2) is 23.6 Å². The van der Waals surface area contributed by atoms with E-state index >= 15 is 0 Å². The van der Waals surface area contributed by atoms with Crippen LogP contribution in [0.4, 0.5) is 0 Å². The first-order valence-electron chi connectivity index (χ1n) is 5.23. The molecule has 1 aromatic heterocycles. The van der Waals surface area contributed by atoms with Gasteiger partial charge in [0.25, 0.3) is 0 Å². The standard InChI is InChI=1S/C13H13NO2S/c1-8-4-5-9(2)10(6-8)11-7-17-12(14-11)13(15)16-3/h4-7H,1-3H3. The minimum absolute atomic E-state index is 0.383. The van der Waals surface area contributed by atoms with Crippen LogP contribution in [0.3, 0.4) is 0 Å². The van der Waals surface area contributed by atoms with Gasteiger partial charge >= 0.3 is 5.97 Å². The van der Waals surface area contributed by atoms with E-state index in [1.54, 1.807) is 0 Å². The van der Waals surface area contributed by atoms with E-state index in [0.29, 0.717) is 5.01 Å². The zero-order valence-electron chi connectivity index (χ0n) is 9.98. The normalized spacial score (nSPS) is 10.3. The first-order chi connectivity index (χ1) is 8.11. The highest BCUT2D eigenvalue weighted by atomic mass is 32.1. The third-order valence-electron chi connectivity index (χ3n) is 2.53. The number of hydrogen-bond acceptors (Lipinski definition) is 4. The van der Waals surface area contributed by atoms with Crippen LogP contribution < -0.4 is 0 Å². The maximum atomic E-state index is 11.3. The molecule has 0 bridgehead atoms. The average molecular weight is 247 g/mol. The van der Waals surface area contributed by atoms with Gasteiger partial charge in [-0.1, -0.05) is 17.7 Å². The summed E-state index contributed by atoms with van der Waals surface area (Å²) in [6.45, 7) is 4.07. The molecule has 0 saturated heterocycles. The second-order valence-corrected chi connectivity index (χ2v) is 4.71. The number of benzene rings is 1. The Bertz CT molecular complexity index is 560. The van der Waals surface area contributed by atoms with Gasteiger partial charge < -0.3 is 4.74 Å². The van der Waals surface area contributed by atoms with Gasteiger partial charge in [-0.25, -0.2) is 9.78 Å². The predicted molar refractivity (Wildman–Crippen MR) is 68.4 cm³/mol. The van der Waals surface area contributed by atoms with Gasteiger partial charge in [0.2, 0.25) is 5.01 Å². The van der Waals surface area contributed by atoms with Crippen molar-refractivity contribution >= 4 is 17.3 Å².